The van der Waals surface area contributed by atoms with Crippen molar-refractivity contribution in [3.05, 3.63) is 54.1 Å². The van der Waals surface area contributed by atoms with Crippen LogP contribution in [0.1, 0.15) is 5.56 Å². The fourth-order valence-corrected chi connectivity index (χ4v) is 3.63. The van der Waals surface area contributed by atoms with E-state index in [9.17, 15) is 16.8 Å². The third-order valence-electron chi connectivity index (χ3n) is 3.15. The van der Waals surface area contributed by atoms with Crippen LogP contribution in [0.3, 0.4) is 0 Å². The van der Waals surface area contributed by atoms with Crippen LogP contribution in [0.25, 0.3) is 0 Å². The van der Waals surface area contributed by atoms with Crippen LogP contribution in [0.4, 0.5) is 5.69 Å². The molecule has 0 unspecified atom stereocenters. The summed E-state index contributed by atoms with van der Waals surface area (Å²) in [5.41, 5.74) is 0.490. The third kappa shape index (κ3) is 3.50. The van der Waals surface area contributed by atoms with Gasteiger partial charge in [0.2, 0.25) is 10.0 Å². The van der Waals surface area contributed by atoms with Gasteiger partial charge in [0.1, 0.15) is 0 Å². The first-order valence-corrected chi connectivity index (χ1v) is 9.27. The highest BCUT2D eigenvalue weighted by atomic mass is 32.2. The van der Waals surface area contributed by atoms with Gasteiger partial charge in [-0.05, 0) is 42.5 Å². The molecule has 9 heteroatoms. The lowest BCUT2D eigenvalue weighted by molar-refractivity contribution is 0.594. The van der Waals surface area contributed by atoms with Crippen molar-refractivity contribution in [3.63, 3.8) is 0 Å². The van der Waals surface area contributed by atoms with Crippen LogP contribution in [0.2, 0.25) is 0 Å². The second-order valence-corrected chi connectivity index (χ2v) is 8.18. The zero-order chi connectivity index (χ0) is 17.3. The number of primary sulfonamides is 1. The van der Waals surface area contributed by atoms with E-state index >= 15 is 0 Å². The zero-order valence-electron chi connectivity index (χ0n) is 12.0. The molecule has 0 bridgehead atoms. The molecule has 0 saturated heterocycles. The minimum absolute atomic E-state index is 0.0328. The molecule has 2 aromatic carbocycles. The maximum atomic E-state index is 12.6. The zero-order valence-corrected chi connectivity index (χ0v) is 13.7. The number of nitrogens with two attached hydrogens (primary N) is 1. The van der Waals surface area contributed by atoms with Crippen molar-refractivity contribution in [2.45, 2.75) is 9.79 Å². The maximum absolute atomic E-state index is 12.6. The molecule has 120 valence electrons. The van der Waals surface area contributed by atoms with E-state index in [1.54, 1.807) is 0 Å². The van der Waals surface area contributed by atoms with E-state index in [1.807, 2.05) is 6.07 Å². The number of benzene rings is 2. The summed E-state index contributed by atoms with van der Waals surface area (Å²) in [6.07, 6.45) is 0. The van der Waals surface area contributed by atoms with Crippen molar-refractivity contribution >= 4 is 25.7 Å². The van der Waals surface area contributed by atoms with Crippen LogP contribution in [-0.4, -0.2) is 23.9 Å². The molecule has 0 spiro atoms. The SMILES string of the molecule is CN(c1ccc(S(N)(=O)=O)cc1)S(=O)(=O)c1cccc(C#N)c1. The summed E-state index contributed by atoms with van der Waals surface area (Å²) in [7, 11) is -6.38. The molecule has 0 aromatic heterocycles. The second-order valence-electron chi connectivity index (χ2n) is 4.65. The number of hydrogen-bond donors (Lipinski definition) is 1. The fourth-order valence-electron chi connectivity index (χ4n) is 1.87. The van der Waals surface area contributed by atoms with Gasteiger partial charge in [0.15, 0.2) is 0 Å². The highest BCUT2D eigenvalue weighted by Crippen LogP contribution is 2.23. The van der Waals surface area contributed by atoms with Gasteiger partial charge >= 0.3 is 0 Å². The Balaban J connectivity index is 2.42. The molecule has 2 N–H and O–H groups in total. The van der Waals surface area contributed by atoms with Crippen LogP contribution < -0.4 is 9.44 Å². The first-order chi connectivity index (χ1) is 10.7. The lowest BCUT2D eigenvalue weighted by Crippen LogP contribution is -2.26. The van der Waals surface area contributed by atoms with Crippen molar-refractivity contribution in [3.8, 4) is 6.07 Å². The van der Waals surface area contributed by atoms with Gasteiger partial charge < -0.3 is 0 Å². The highest BCUT2D eigenvalue weighted by molar-refractivity contribution is 7.92. The lowest BCUT2D eigenvalue weighted by Gasteiger charge is -2.19. The van der Waals surface area contributed by atoms with E-state index in [2.05, 4.69) is 0 Å². The topological polar surface area (TPSA) is 121 Å². The van der Waals surface area contributed by atoms with E-state index < -0.39 is 20.0 Å². The predicted octanol–water partition coefficient (Wildman–Crippen LogP) is 1.03. The largest absolute Gasteiger partial charge is 0.269 e. The molecule has 7 nitrogen and oxygen atoms in total. The molecule has 0 atom stereocenters. The van der Waals surface area contributed by atoms with Crippen LogP contribution in [0.15, 0.2) is 58.3 Å². The summed E-state index contributed by atoms with van der Waals surface area (Å²) in [6, 6.07) is 12.6. The summed E-state index contributed by atoms with van der Waals surface area (Å²) < 4.78 is 48.5. The lowest BCUT2D eigenvalue weighted by atomic mass is 10.2. The Kier molecular flexibility index (Phi) is 4.42. The summed E-state index contributed by atoms with van der Waals surface area (Å²) >= 11 is 0. The summed E-state index contributed by atoms with van der Waals surface area (Å²) in [5, 5.41) is 13.9. The van der Waals surface area contributed by atoms with Gasteiger partial charge in [-0.1, -0.05) is 6.07 Å². The molecule has 0 radical (unpaired) electrons. The Bertz CT molecular complexity index is 975. The summed E-state index contributed by atoms with van der Waals surface area (Å²) in [4.78, 5) is -0.145. The maximum Gasteiger partial charge on any atom is 0.264 e. The average Bonchev–Trinajstić information content (AvgIpc) is 2.53. The number of hydrogen-bond acceptors (Lipinski definition) is 5. The molecule has 2 aromatic rings. The molecular formula is C14H13N3O4S2. The summed E-state index contributed by atoms with van der Waals surface area (Å²) in [5.74, 6) is 0. The monoisotopic (exact) mass is 351 g/mol. The van der Waals surface area contributed by atoms with E-state index in [1.165, 1.54) is 55.6 Å². The molecular weight excluding hydrogens is 338 g/mol. The van der Waals surface area contributed by atoms with Gasteiger partial charge in [-0.15, -0.1) is 0 Å². The van der Waals surface area contributed by atoms with Crippen molar-refractivity contribution < 1.29 is 16.8 Å². The number of nitrogens with zero attached hydrogens (tertiary/aromatic N) is 2. The van der Waals surface area contributed by atoms with Crippen molar-refractivity contribution in [2.75, 3.05) is 11.4 Å². The number of nitriles is 1. The van der Waals surface area contributed by atoms with E-state index in [0.717, 1.165) is 4.31 Å². The quantitative estimate of drug-likeness (QED) is 0.881. The van der Waals surface area contributed by atoms with Gasteiger partial charge in [0, 0.05) is 7.05 Å². The molecule has 0 aliphatic heterocycles. The van der Waals surface area contributed by atoms with Gasteiger partial charge in [0.05, 0.1) is 27.1 Å². The normalized spacial score (nSPS) is 11.7. The highest BCUT2D eigenvalue weighted by Gasteiger charge is 2.22. The van der Waals surface area contributed by atoms with E-state index in [0.29, 0.717) is 0 Å². The minimum atomic E-state index is -3.87. The van der Waals surface area contributed by atoms with Gasteiger partial charge in [-0.25, -0.2) is 22.0 Å². The fraction of sp³-hybridized carbons (Fsp3) is 0.0714. The molecule has 0 aliphatic carbocycles. The number of sulfonamides is 2. The smallest absolute Gasteiger partial charge is 0.264 e. The van der Waals surface area contributed by atoms with Crippen LogP contribution in [0, 0.1) is 11.3 Å². The van der Waals surface area contributed by atoms with Gasteiger partial charge in [-0.2, -0.15) is 5.26 Å². The van der Waals surface area contributed by atoms with Crippen molar-refractivity contribution in [1.29, 1.82) is 5.26 Å². The molecule has 2 rings (SSSR count). The van der Waals surface area contributed by atoms with Crippen molar-refractivity contribution in [1.82, 2.24) is 0 Å². The Morgan fingerprint density at radius 3 is 2.13 bits per heavy atom. The molecule has 0 amide bonds. The third-order valence-corrected chi connectivity index (χ3v) is 5.86. The van der Waals surface area contributed by atoms with Crippen LogP contribution >= 0.6 is 0 Å². The Labute approximate surface area is 134 Å². The van der Waals surface area contributed by atoms with Crippen LogP contribution in [-0.2, 0) is 20.0 Å². The van der Waals surface area contributed by atoms with E-state index in [-0.39, 0.29) is 21.0 Å². The Morgan fingerprint density at radius 1 is 1.00 bits per heavy atom. The molecule has 0 fully saturated rings. The first kappa shape index (κ1) is 17.0. The van der Waals surface area contributed by atoms with Crippen LogP contribution in [0.5, 0.6) is 0 Å². The standard InChI is InChI=1S/C14H13N3O4S2/c1-17(12-5-7-13(8-6-12)22(16,18)19)23(20,21)14-4-2-3-11(9-14)10-15/h2-9H,1H3,(H2,16,18,19). The Morgan fingerprint density at radius 2 is 1.61 bits per heavy atom. The number of anilines is 1. The minimum Gasteiger partial charge on any atom is -0.269 e. The van der Waals surface area contributed by atoms with E-state index in [4.69, 9.17) is 10.4 Å². The molecule has 0 saturated carbocycles. The second kappa shape index (κ2) is 6.00. The molecule has 0 heterocycles. The molecule has 23 heavy (non-hydrogen) atoms. The molecule has 0 aliphatic rings. The van der Waals surface area contributed by atoms with Crippen molar-refractivity contribution in [2.24, 2.45) is 5.14 Å². The average molecular weight is 351 g/mol. The van der Waals surface area contributed by atoms with Gasteiger partial charge in [-0.3, -0.25) is 4.31 Å². The summed E-state index contributed by atoms with van der Waals surface area (Å²) in [6.45, 7) is 0. The van der Waals surface area contributed by atoms with Gasteiger partial charge in [0.25, 0.3) is 10.0 Å². The number of rotatable bonds is 4. The Hall–Kier alpha value is -2.41. The first-order valence-electron chi connectivity index (χ1n) is 6.28. The predicted molar refractivity (Wildman–Crippen MR) is 84.6 cm³/mol.